The summed E-state index contributed by atoms with van der Waals surface area (Å²) in [4.78, 5) is 28.0. The van der Waals surface area contributed by atoms with E-state index in [0.717, 1.165) is 17.7 Å². The van der Waals surface area contributed by atoms with Crippen molar-refractivity contribution >= 4 is 17.4 Å². The highest BCUT2D eigenvalue weighted by Gasteiger charge is 2.30. The van der Waals surface area contributed by atoms with E-state index in [1.54, 1.807) is 24.5 Å². The number of carbonyl (C=O) groups excluding carboxylic acids is 1. The molecule has 1 amide bonds. The number of hydrogen-bond acceptors (Lipinski definition) is 5. The summed E-state index contributed by atoms with van der Waals surface area (Å²) < 4.78 is 13.6. The van der Waals surface area contributed by atoms with Crippen molar-refractivity contribution in [1.29, 1.82) is 0 Å². The Morgan fingerprint density at radius 3 is 2.74 bits per heavy atom. The van der Waals surface area contributed by atoms with E-state index in [9.17, 15) is 9.18 Å². The summed E-state index contributed by atoms with van der Waals surface area (Å²) in [7, 11) is 0. The lowest BCUT2D eigenvalue weighted by Gasteiger charge is -2.18. The Hall–Kier alpha value is -3.35. The van der Waals surface area contributed by atoms with Crippen molar-refractivity contribution in [3.63, 3.8) is 0 Å². The van der Waals surface area contributed by atoms with Gasteiger partial charge in [0.25, 0.3) is 0 Å². The highest BCUT2D eigenvalue weighted by atomic mass is 19.1. The Morgan fingerprint density at radius 1 is 1.19 bits per heavy atom. The van der Waals surface area contributed by atoms with E-state index in [-0.39, 0.29) is 17.6 Å². The average Bonchev–Trinajstić information content (AvgIpc) is 3.24. The second-order valence-electron chi connectivity index (χ2n) is 8.29. The van der Waals surface area contributed by atoms with Crippen LogP contribution in [-0.2, 0) is 4.79 Å². The van der Waals surface area contributed by atoms with Crippen molar-refractivity contribution < 1.29 is 9.18 Å². The van der Waals surface area contributed by atoms with E-state index >= 15 is 0 Å². The zero-order valence-corrected chi connectivity index (χ0v) is 17.8. The zero-order valence-electron chi connectivity index (χ0n) is 17.8. The first kappa shape index (κ1) is 20.9. The summed E-state index contributed by atoms with van der Waals surface area (Å²) in [5.41, 5.74) is 2.30. The molecular formula is C24H26FN5O. The van der Waals surface area contributed by atoms with E-state index in [1.807, 2.05) is 23.1 Å². The average molecular weight is 420 g/mol. The number of amides is 1. The molecular weight excluding hydrogens is 393 g/mol. The van der Waals surface area contributed by atoms with E-state index in [0.29, 0.717) is 42.8 Å². The molecule has 1 fully saturated rings. The Kier molecular flexibility index (Phi) is 6.21. The fraction of sp³-hybridized carbons (Fsp3) is 0.333. The van der Waals surface area contributed by atoms with Crippen LogP contribution in [0.4, 0.5) is 15.9 Å². The van der Waals surface area contributed by atoms with Gasteiger partial charge in [-0.25, -0.2) is 14.4 Å². The van der Waals surface area contributed by atoms with Crippen molar-refractivity contribution in [2.75, 3.05) is 18.4 Å². The zero-order chi connectivity index (χ0) is 21.8. The third kappa shape index (κ3) is 5.23. The van der Waals surface area contributed by atoms with Crippen molar-refractivity contribution in [3.05, 3.63) is 66.5 Å². The van der Waals surface area contributed by atoms with Crippen LogP contribution in [-0.4, -0.2) is 38.8 Å². The highest BCUT2D eigenvalue weighted by Crippen LogP contribution is 2.30. The van der Waals surface area contributed by atoms with Crippen LogP contribution in [0.25, 0.3) is 11.3 Å². The molecule has 0 unspecified atom stereocenters. The van der Waals surface area contributed by atoms with Crippen LogP contribution in [0, 0.1) is 11.7 Å². The molecule has 1 aliphatic rings. The smallest absolute Gasteiger partial charge is 0.222 e. The first-order valence-corrected chi connectivity index (χ1v) is 10.6. The van der Waals surface area contributed by atoms with Gasteiger partial charge in [-0.1, -0.05) is 19.9 Å². The molecule has 7 heteroatoms. The maximum atomic E-state index is 13.6. The molecule has 0 saturated carbocycles. The van der Waals surface area contributed by atoms with Crippen LogP contribution < -0.4 is 5.32 Å². The normalized spacial score (nSPS) is 16.0. The molecule has 160 valence electrons. The van der Waals surface area contributed by atoms with E-state index in [1.165, 1.54) is 12.1 Å². The third-order valence-electron chi connectivity index (χ3n) is 5.31. The fourth-order valence-corrected chi connectivity index (χ4v) is 3.77. The van der Waals surface area contributed by atoms with Gasteiger partial charge in [0.1, 0.15) is 17.5 Å². The SMILES string of the molecule is CC(C)CC(=O)N1CC[C@@H](c2nc(Nc3cccc(F)c3)cc(-c3ccncc3)n2)C1. The Bertz CT molecular complexity index is 1060. The van der Waals surface area contributed by atoms with E-state index in [4.69, 9.17) is 9.97 Å². The quantitative estimate of drug-likeness (QED) is 0.622. The second-order valence-corrected chi connectivity index (χ2v) is 8.29. The number of pyridine rings is 1. The molecule has 3 aromatic rings. The van der Waals surface area contributed by atoms with Gasteiger partial charge in [-0.05, 0) is 42.7 Å². The number of rotatable bonds is 6. The fourth-order valence-electron chi connectivity index (χ4n) is 3.77. The molecule has 3 heterocycles. The van der Waals surface area contributed by atoms with Gasteiger partial charge in [0.15, 0.2) is 0 Å². The predicted octanol–water partition coefficient (Wildman–Crippen LogP) is 4.78. The predicted molar refractivity (Wildman–Crippen MR) is 118 cm³/mol. The summed E-state index contributed by atoms with van der Waals surface area (Å²) in [6, 6.07) is 11.9. The van der Waals surface area contributed by atoms with Gasteiger partial charge >= 0.3 is 0 Å². The molecule has 1 aromatic carbocycles. The number of hydrogen-bond donors (Lipinski definition) is 1. The summed E-state index contributed by atoms with van der Waals surface area (Å²) in [6.07, 6.45) is 4.82. The lowest BCUT2D eigenvalue weighted by molar-refractivity contribution is -0.130. The second kappa shape index (κ2) is 9.20. The van der Waals surface area contributed by atoms with Gasteiger partial charge in [-0.3, -0.25) is 9.78 Å². The minimum absolute atomic E-state index is 0.0611. The molecule has 6 nitrogen and oxygen atoms in total. The van der Waals surface area contributed by atoms with Crippen LogP contribution in [0.3, 0.4) is 0 Å². The largest absolute Gasteiger partial charge is 0.342 e. The molecule has 1 saturated heterocycles. The van der Waals surface area contributed by atoms with Crippen molar-refractivity contribution in [1.82, 2.24) is 19.9 Å². The van der Waals surface area contributed by atoms with Gasteiger partial charge in [0.05, 0.1) is 5.69 Å². The minimum atomic E-state index is -0.316. The van der Waals surface area contributed by atoms with Gasteiger partial charge in [0, 0.05) is 55.1 Å². The molecule has 4 rings (SSSR count). The molecule has 0 bridgehead atoms. The first-order chi connectivity index (χ1) is 15.0. The molecule has 0 aliphatic carbocycles. The monoisotopic (exact) mass is 419 g/mol. The molecule has 0 spiro atoms. The van der Waals surface area contributed by atoms with Gasteiger partial charge in [-0.15, -0.1) is 0 Å². The van der Waals surface area contributed by atoms with Crippen LogP contribution in [0.15, 0.2) is 54.9 Å². The van der Waals surface area contributed by atoms with Crippen molar-refractivity contribution in [2.24, 2.45) is 5.92 Å². The summed E-state index contributed by atoms with van der Waals surface area (Å²) >= 11 is 0. The van der Waals surface area contributed by atoms with Crippen LogP contribution >= 0.6 is 0 Å². The number of nitrogens with zero attached hydrogens (tertiary/aromatic N) is 4. The number of carbonyl (C=O) groups is 1. The molecule has 1 atom stereocenters. The lowest BCUT2D eigenvalue weighted by Crippen LogP contribution is -2.29. The number of likely N-dealkylation sites (tertiary alicyclic amines) is 1. The van der Waals surface area contributed by atoms with Crippen LogP contribution in [0.1, 0.15) is 38.4 Å². The molecule has 0 radical (unpaired) electrons. The summed E-state index contributed by atoms with van der Waals surface area (Å²) in [5.74, 6) is 1.54. The maximum absolute atomic E-state index is 13.6. The van der Waals surface area contributed by atoms with Gasteiger partial charge in [0.2, 0.25) is 5.91 Å². The molecule has 31 heavy (non-hydrogen) atoms. The molecule has 2 aromatic heterocycles. The summed E-state index contributed by atoms with van der Waals surface area (Å²) in [6.45, 7) is 5.44. The van der Waals surface area contributed by atoms with Gasteiger partial charge in [-0.2, -0.15) is 0 Å². The first-order valence-electron chi connectivity index (χ1n) is 10.6. The Labute approximate surface area is 181 Å². The number of benzene rings is 1. The van der Waals surface area contributed by atoms with E-state index < -0.39 is 0 Å². The Balaban J connectivity index is 1.63. The number of aromatic nitrogens is 3. The molecule has 1 aliphatic heterocycles. The van der Waals surface area contributed by atoms with Crippen molar-refractivity contribution in [3.8, 4) is 11.3 Å². The van der Waals surface area contributed by atoms with Crippen LogP contribution in [0.5, 0.6) is 0 Å². The topological polar surface area (TPSA) is 71.0 Å². The standard InChI is InChI=1S/C24H26FN5O/c1-16(2)12-23(31)30-11-8-18(15-30)24-28-21(17-6-9-26-10-7-17)14-22(29-24)27-20-5-3-4-19(25)13-20/h3-7,9-10,13-14,16,18H,8,11-12,15H2,1-2H3,(H,27,28,29)/t18-/m1/s1. The Morgan fingerprint density at radius 2 is 2.00 bits per heavy atom. The third-order valence-corrected chi connectivity index (χ3v) is 5.31. The highest BCUT2D eigenvalue weighted by molar-refractivity contribution is 5.76. The van der Waals surface area contributed by atoms with Crippen molar-refractivity contribution in [2.45, 2.75) is 32.6 Å². The number of anilines is 2. The number of halogens is 1. The summed E-state index contributed by atoms with van der Waals surface area (Å²) in [5, 5.41) is 3.19. The molecule has 1 N–H and O–H groups in total. The minimum Gasteiger partial charge on any atom is -0.342 e. The van der Waals surface area contributed by atoms with Gasteiger partial charge < -0.3 is 10.2 Å². The van der Waals surface area contributed by atoms with E-state index in [2.05, 4.69) is 24.1 Å². The van der Waals surface area contributed by atoms with Crippen LogP contribution in [0.2, 0.25) is 0 Å². The number of nitrogens with one attached hydrogen (secondary N) is 1. The lowest BCUT2D eigenvalue weighted by atomic mass is 10.1. The maximum Gasteiger partial charge on any atom is 0.222 e.